The second-order valence-corrected chi connectivity index (χ2v) is 12.9. The molecule has 4 amide bonds. The number of carbonyl (C=O) groups is 4. The van der Waals surface area contributed by atoms with Crippen LogP contribution in [0.1, 0.15) is 35.4 Å². The lowest BCUT2D eigenvalue weighted by atomic mass is 9.49. The van der Waals surface area contributed by atoms with Crippen molar-refractivity contribution in [2.75, 3.05) is 12.5 Å². The number of amides is 4. The quantitative estimate of drug-likeness (QED) is 0.305. The van der Waals surface area contributed by atoms with E-state index in [2.05, 4.69) is 21.4 Å². The Balaban J connectivity index is 1.48. The molecule has 1 saturated carbocycles. The number of halogens is 1. The molecule has 43 heavy (non-hydrogen) atoms. The second kappa shape index (κ2) is 9.91. The summed E-state index contributed by atoms with van der Waals surface area (Å²) in [6.45, 7) is 1.96. The molecule has 2 heterocycles. The van der Waals surface area contributed by atoms with Crippen LogP contribution in [0, 0.1) is 30.6 Å². The maximum atomic E-state index is 15.0. The number of hydrogen-bond donors (Lipinski definition) is 2. The third-order valence-corrected chi connectivity index (χ3v) is 10.4. The molecule has 9 heteroatoms. The van der Waals surface area contributed by atoms with E-state index in [9.17, 15) is 24.3 Å². The lowest BCUT2D eigenvalue weighted by molar-refractivity contribution is -0.140. The number of hydrogen-bond acceptors (Lipinski definition) is 6. The molecular formula is C34H30BrN3O5. The van der Waals surface area contributed by atoms with E-state index in [0.29, 0.717) is 27.7 Å². The van der Waals surface area contributed by atoms with Crippen LogP contribution in [0.2, 0.25) is 0 Å². The molecule has 7 rings (SSSR count). The number of carbonyl (C=O) groups excluding carboxylic acids is 4. The van der Waals surface area contributed by atoms with Crippen molar-refractivity contribution < 1.29 is 24.3 Å². The Bertz CT molecular complexity index is 1720. The number of nitrogens with one attached hydrogen (secondary N) is 1. The molecule has 0 bridgehead atoms. The van der Waals surface area contributed by atoms with E-state index in [4.69, 9.17) is 0 Å². The molecular weight excluding hydrogens is 610 g/mol. The van der Waals surface area contributed by atoms with E-state index < -0.39 is 46.8 Å². The van der Waals surface area contributed by atoms with Crippen molar-refractivity contribution in [3.05, 3.63) is 106 Å². The van der Waals surface area contributed by atoms with Gasteiger partial charge in [0.2, 0.25) is 11.8 Å². The highest BCUT2D eigenvalue weighted by Gasteiger charge is 2.70. The monoisotopic (exact) mass is 639 g/mol. The lowest BCUT2D eigenvalue weighted by Crippen LogP contribution is -2.53. The Hall–Kier alpha value is -4.24. The summed E-state index contributed by atoms with van der Waals surface area (Å²) in [5.41, 5.74) is 5.24. The molecule has 3 fully saturated rings. The summed E-state index contributed by atoms with van der Waals surface area (Å²) >= 11 is 3.55. The lowest BCUT2D eigenvalue weighted by Gasteiger charge is -2.50. The number of benzene rings is 3. The van der Waals surface area contributed by atoms with Gasteiger partial charge in [-0.3, -0.25) is 29.5 Å². The maximum Gasteiger partial charge on any atom is 0.260 e. The summed E-state index contributed by atoms with van der Waals surface area (Å²) < 4.78 is 0.703. The number of phenols is 1. The largest absolute Gasteiger partial charge is 0.508 e. The number of aromatic hydroxyl groups is 1. The average Bonchev–Trinajstić information content (AvgIpc) is 3.36. The fourth-order valence-electron chi connectivity index (χ4n) is 8.01. The van der Waals surface area contributed by atoms with E-state index >= 15 is 0 Å². The van der Waals surface area contributed by atoms with Crippen LogP contribution in [-0.2, 0) is 24.6 Å². The Morgan fingerprint density at radius 3 is 2.35 bits per heavy atom. The normalized spacial score (nSPS) is 29.7. The average molecular weight is 641 g/mol. The van der Waals surface area contributed by atoms with Gasteiger partial charge >= 0.3 is 0 Å². The van der Waals surface area contributed by atoms with E-state index in [0.717, 1.165) is 16.1 Å². The molecule has 3 aromatic carbocycles. The van der Waals surface area contributed by atoms with Crippen molar-refractivity contribution in [1.29, 1.82) is 0 Å². The number of rotatable bonds is 4. The molecule has 218 valence electrons. The van der Waals surface area contributed by atoms with Crippen LogP contribution in [0.5, 0.6) is 5.75 Å². The zero-order valence-corrected chi connectivity index (χ0v) is 25.2. The van der Waals surface area contributed by atoms with Gasteiger partial charge in [0, 0.05) is 23.0 Å². The molecule has 2 saturated heterocycles. The first kappa shape index (κ1) is 27.6. The minimum Gasteiger partial charge on any atom is -0.508 e. The molecule has 0 unspecified atom stereocenters. The topological polar surface area (TPSA) is 107 Å². The standard InChI is InChI=1S/C34H30BrN3O5/c1-18-8-11-21(12-9-18)36-38-31(41)26-17-24-22(13-14-23-28(24)32(42)37(2)30(23)40)29(25-16-20(35)10-15-27(25)39)34(26,33(38)43)19-6-4-3-5-7-19/h3-13,15-16,23-24,26,28-29,36,39H,14,17H2,1-2H3/t23-,24+,26-,28-,29+,34+/m0/s1. The third-order valence-electron chi connectivity index (χ3n) is 9.91. The van der Waals surface area contributed by atoms with Gasteiger partial charge < -0.3 is 5.11 Å². The Morgan fingerprint density at radius 2 is 1.63 bits per heavy atom. The van der Waals surface area contributed by atoms with Crippen molar-refractivity contribution in [2.45, 2.75) is 31.1 Å². The predicted octanol–water partition coefficient (Wildman–Crippen LogP) is 5.08. The molecule has 6 atom stereocenters. The number of imide groups is 2. The van der Waals surface area contributed by atoms with Gasteiger partial charge in [0.25, 0.3) is 11.8 Å². The smallest absolute Gasteiger partial charge is 0.260 e. The Labute approximate surface area is 257 Å². The molecule has 4 aliphatic rings. The fourth-order valence-corrected chi connectivity index (χ4v) is 8.38. The molecule has 2 aliphatic carbocycles. The second-order valence-electron chi connectivity index (χ2n) is 12.0. The van der Waals surface area contributed by atoms with Crippen LogP contribution in [0.15, 0.2) is 88.9 Å². The van der Waals surface area contributed by atoms with Crippen molar-refractivity contribution in [3.63, 3.8) is 0 Å². The van der Waals surface area contributed by atoms with Crippen LogP contribution >= 0.6 is 15.9 Å². The SMILES string of the molecule is Cc1ccc(NN2C(=O)[C@@H]3C[C@@H]4C(=CC[C@@H]5C(=O)N(C)C(=O)[C@@H]54)[C@H](c4cc(Br)ccc4O)[C@]3(c3ccccc3)C2=O)cc1. The molecule has 0 spiro atoms. The first-order valence-electron chi connectivity index (χ1n) is 14.4. The summed E-state index contributed by atoms with van der Waals surface area (Å²) in [4.78, 5) is 57.3. The Morgan fingerprint density at radius 1 is 0.907 bits per heavy atom. The van der Waals surface area contributed by atoms with Gasteiger partial charge in [-0.25, -0.2) is 0 Å². The summed E-state index contributed by atoms with van der Waals surface area (Å²) in [5.74, 6) is -4.56. The van der Waals surface area contributed by atoms with Crippen LogP contribution in [0.25, 0.3) is 0 Å². The summed E-state index contributed by atoms with van der Waals surface area (Å²) in [6, 6.07) is 21.8. The summed E-state index contributed by atoms with van der Waals surface area (Å²) in [7, 11) is 1.51. The van der Waals surface area contributed by atoms with E-state index in [1.807, 2.05) is 67.6 Å². The van der Waals surface area contributed by atoms with E-state index in [1.165, 1.54) is 11.9 Å². The van der Waals surface area contributed by atoms with E-state index in [-0.39, 0.29) is 24.0 Å². The number of anilines is 1. The highest BCUT2D eigenvalue weighted by molar-refractivity contribution is 9.10. The fraction of sp³-hybridized carbons (Fsp3) is 0.294. The molecule has 0 aromatic heterocycles. The van der Waals surface area contributed by atoms with E-state index in [1.54, 1.807) is 18.2 Å². The van der Waals surface area contributed by atoms with Crippen LogP contribution in [-0.4, -0.2) is 45.7 Å². The summed E-state index contributed by atoms with van der Waals surface area (Å²) in [6.07, 6.45) is 2.55. The van der Waals surface area contributed by atoms with Gasteiger partial charge in [-0.05, 0) is 61.6 Å². The number of fused-ring (bicyclic) bond motifs is 4. The van der Waals surface area contributed by atoms with Gasteiger partial charge in [-0.1, -0.05) is 75.6 Å². The van der Waals surface area contributed by atoms with Crippen LogP contribution in [0.4, 0.5) is 5.69 Å². The van der Waals surface area contributed by atoms with Crippen molar-refractivity contribution in [3.8, 4) is 5.75 Å². The first-order valence-corrected chi connectivity index (χ1v) is 15.2. The van der Waals surface area contributed by atoms with Crippen molar-refractivity contribution in [2.24, 2.45) is 23.7 Å². The molecule has 3 aromatic rings. The van der Waals surface area contributed by atoms with Gasteiger partial charge in [0.1, 0.15) is 5.75 Å². The minimum absolute atomic E-state index is 0.0120. The van der Waals surface area contributed by atoms with Crippen LogP contribution < -0.4 is 5.43 Å². The van der Waals surface area contributed by atoms with Crippen molar-refractivity contribution in [1.82, 2.24) is 9.91 Å². The van der Waals surface area contributed by atoms with Crippen molar-refractivity contribution >= 4 is 45.2 Å². The molecule has 2 N–H and O–H groups in total. The highest BCUT2D eigenvalue weighted by atomic mass is 79.9. The number of phenolic OH excluding ortho intramolecular Hbond substituents is 1. The highest BCUT2D eigenvalue weighted by Crippen LogP contribution is 2.64. The number of allylic oxidation sites excluding steroid dienone is 2. The third kappa shape index (κ3) is 3.87. The van der Waals surface area contributed by atoms with Gasteiger partial charge in [-0.2, -0.15) is 5.01 Å². The number of likely N-dealkylation sites (tertiary alicyclic amines) is 1. The zero-order valence-electron chi connectivity index (χ0n) is 23.7. The molecule has 0 radical (unpaired) electrons. The molecule has 2 aliphatic heterocycles. The van der Waals surface area contributed by atoms with Gasteiger partial charge in [0.05, 0.1) is 28.9 Å². The predicted molar refractivity (Wildman–Crippen MR) is 162 cm³/mol. The van der Waals surface area contributed by atoms with Gasteiger partial charge in [-0.15, -0.1) is 0 Å². The summed E-state index contributed by atoms with van der Waals surface area (Å²) in [5, 5.41) is 12.5. The zero-order chi connectivity index (χ0) is 30.2. The first-order chi connectivity index (χ1) is 20.6. The maximum absolute atomic E-state index is 15.0. The number of hydrazine groups is 1. The Kier molecular flexibility index (Phi) is 6.36. The molecule has 8 nitrogen and oxygen atoms in total. The van der Waals surface area contributed by atoms with Gasteiger partial charge in [0.15, 0.2) is 0 Å². The minimum atomic E-state index is -1.42. The number of nitrogens with zero attached hydrogens (tertiary/aromatic N) is 2. The van der Waals surface area contributed by atoms with Crippen LogP contribution in [0.3, 0.4) is 0 Å². The number of aryl methyl sites for hydroxylation is 1.